The van der Waals surface area contributed by atoms with Gasteiger partial charge < -0.3 is 14.6 Å². The molecule has 0 saturated heterocycles. The third-order valence-electron chi connectivity index (χ3n) is 2.36. The minimum Gasteiger partial charge on any atom is -0.504 e. The van der Waals surface area contributed by atoms with Gasteiger partial charge in [0.25, 0.3) is 0 Å². The van der Waals surface area contributed by atoms with Gasteiger partial charge in [-0.05, 0) is 18.6 Å². The van der Waals surface area contributed by atoms with Crippen molar-refractivity contribution in [3.8, 4) is 17.2 Å². The van der Waals surface area contributed by atoms with Crippen LogP contribution < -0.4 is 9.47 Å². The number of halogens is 1. The molecule has 17 heavy (non-hydrogen) atoms. The highest BCUT2D eigenvalue weighted by Crippen LogP contribution is 2.39. The Morgan fingerprint density at radius 1 is 1.35 bits per heavy atom. The summed E-state index contributed by atoms with van der Waals surface area (Å²) in [5.41, 5.74) is 0.229. The topological polar surface area (TPSA) is 55.8 Å². The summed E-state index contributed by atoms with van der Waals surface area (Å²) in [7, 11) is 2.87. The van der Waals surface area contributed by atoms with E-state index < -0.39 is 0 Å². The molecular formula is C12H15ClO4. The van der Waals surface area contributed by atoms with E-state index in [1.54, 1.807) is 6.07 Å². The van der Waals surface area contributed by atoms with Gasteiger partial charge in [-0.15, -0.1) is 11.6 Å². The van der Waals surface area contributed by atoms with Crippen molar-refractivity contribution in [2.75, 3.05) is 20.1 Å². The van der Waals surface area contributed by atoms with Crippen LogP contribution in [0.25, 0.3) is 0 Å². The fourth-order valence-electron chi connectivity index (χ4n) is 1.50. The second-order valence-corrected chi connectivity index (χ2v) is 3.79. The van der Waals surface area contributed by atoms with Crippen molar-refractivity contribution in [3.05, 3.63) is 17.7 Å². The molecule has 0 heterocycles. The summed E-state index contributed by atoms with van der Waals surface area (Å²) in [6.45, 7) is 0. The summed E-state index contributed by atoms with van der Waals surface area (Å²) in [6.07, 6.45) is 0.876. The average Bonchev–Trinajstić information content (AvgIpc) is 2.35. The SMILES string of the molecule is COc1ccc(C(=O)CCCCl)c(O)c1OC. The molecule has 1 rings (SSSR count). The molecule has 0 aliphatic heterocycles. The van der Waals surface area contributed by atoms with Crippen LogP contribution in [0, 0.1) is 0 Å². The standard InChI is InChI=1S/C12H15ClO4/c1-16-10-6-5-8(9(14)4-3-7-13)11(15)12(10)17-2/h5-6,15H,3-4,7H2,1-2H3. The molecule has 5 heteroatoms. The molecule has 0 atom stereocenters. The number of rotatable bonds is 6. The average molecular weight is 259 g/mol. The number of hydrogen-bond donors (Lipinski definition) is 1. The summed E-state index contributed by atoms with van der Waals surface area (Å²) >= 11 is 5.52. The summed E-state index contributed by atoms with van der Waals surface area (Å²) in [5.74, 6) is 0.624. The van der Waals surface area contributed by atoms with Crippen LogP contribution in [-0.4, -0.2) is 31.0 Å². The van der Waals surface area contributed by atoms with E-state index in [4.69, 9.17) is 21.1 Å². The Bertz CT molecular complexity index is 404. The number of aromatic hydroxyl groups is 1. The Balaban J connectivity index is 3.06. The molecule has 0 amide bonds. The van der Waals surface area contributed by atoms with Crippen LogP contribution in [0.4, 0.5) is 0 Å². The molecule has 1 N–H and O–H groups in total. The minimum atomic E-state index is -0.188. The van der Waals surface area contributed by atoms with Gasteiger partial charge in [0, 0.05) is 12.3 Å². The number of carbonyl (C=O) groups excluding carboxylic acids is 1. The highest BCUT2D eigenvalue weighted by Gasteiger charge is 2.18. The Labute approximate surface area is 105 Å². The number of ether oxygens (including phenoxy) is 2. The Morgan fingerprint density at radius 3 is 2.59 bits per heavy atom. The number of carbonyl (C=O) groups is 1. The van der Waals surface area contributed by atoms with Gasteiger partial charge in [0.2, 0.25) is 5.75 Å². The zero-order valence-corrected chi connectivity index (χ0v) is 10.6. The highest BCUT2D eigenvalue weighted by atomic mass is 35.5. The van der Waals surface area contributed by atoms with Crippen molar-refractivity contribution in [3.63, 3.8) is 0 Å². The zero-order chi connectivity index (χ0) is 12.8. The van der Waals surface area contributed by atoms with Gasteiger partial charge in [0.15, 0.2) is 17.3 Å². The number of ketones is 1. The first-order valence-electron chi connectivity index (χ1n) is 5.18. The molecule has 0 fully saturated rings. The minimum absolute atomic E-state index is 0.163. The summed E-state index contributed by atoms with van der Waals surface area (Å²) in [6, 6.07) is 3.11. The first kappa shape index (κ1) is 13.6. The van der Waals surface area contributed by atoms with Crippen LogP contribution in [0.15, 0.2) is 12.1 Å². The van der Waals surface area contributed by atoms with E-state index in [1.807, 2.05) is 0 Å². The molecule has 0 radical (unpaired) electrons. The van der Waals surface area contributed by atoms with Gasteiger partial charge in [-0.25, -0.2) is 0 Å². The van der Waals surface area contributed by atoms with Crippen molar-refractivity contribution in [1.29, 1.82) is 0 Å². The van der Waals surface area contributed by atoms with E-state index in [2.05, 4.69) is 0 Å². The predicted molar refractivity (Wildman–Crippen MR) is 65.5 cm³/mol. The van der Waals surface area contributed by atoms with E-state index in [0.29, 0.717) is 24.5 Å². The fraction of sp³-hybridized carbons (Fsp3) is 0.417. The Morgan fingerprint density at radius 2 is 2.06 bits per heavy atom. The quantitative estimate of drug-likeness (QED) is 0.629. The fourth-order valence-corrected chi connectivity index (χ4v) is 1.63. The lowest BCUT2D eigenvalue weighted by atomic mass is 10.0. The number of benzene rings is 1. The van der Waals surface area contributed by atoms with Gasteiger partial charge in [-0.3, -0.25) is 4.79 Å². The number of phenolic OH excluding ortho intramolecular Hbond substituents is 1. The first-order valence-corrected chi connectivity index (χ1v) is 5.72. The second kappa shape index (κ2) is 6.35. The smallest absolute Gasteiger partial charge is 0.203 e. The van der Waals surface area contributed by atoms with E-state index in [-0.39, 0.29) is 22.8 Å². The summed E-state index contributed by atoms with van der Waals surface area (Å²) in [5, 5.41) is 9.91. The maximum atomic E-state index is 11.8. The lowest BCUT2D eigenvalue weighted by molar-refractivity contribution is 0.0978. The molecule has 0 unspecified atom stereocenters. The third kappa shape index (κ3) is 3.03. The molecule has 0 spiro atoms. The van der Waals surface area contributed by atoms with Gasteiger partial charge in [0.05, 0.1) is 19.8 Å². The molecule has 0 aliphatic carbocycles. The van der Waals surface area contributed by atoms with E-state index in [0.717, 1.165) is 0 Å². The van der Waals surface area contributed by atoms with E-state index in [1.165, 1.54) is 20.3 Å². The van der Waals surface area contributed by atoms with Crippen LogP contribution in [0.3, 0.4) is 0 Å². The highest BCUT2D eigenvalue weighted by molar-refractivity contribution is 6.18. The normalized spacial score (nSPS) is 10.1. The number of hydrogen-bond acceptors (Lipinski definition) is 4. The van der Waals surface area contributed by atoms with E-state index >= 15 is 0 Å². The predicted octanol–water partition coefficient (Wildman–Crippen LogP) is 2.61. The number of Topliss-reactive ketones (excluding diaryl/α,β-unsaturated/α-hetero) is 1. The molecule has 0 aromatic heterocycles. The number of methoxy groups -OCH3 is 2. The van der Waals surface area contributed by atoms with Crippen LogP contribution >= 0.6 is 11.6 Å². The van der Waals surface area contributed by atoms with Crippen LogP contribution in [0.5, 0.6) is 17.2 Å². The lowest BCUT2D eigenvalue weighted by Gasteiger charge is -2.11. The monoisotopic (exact) mass is 258 g/mol. The maximum Gasteiger partial charge on any atom is 0.203 e. The van der Waals surface area contributed by atoms with Gasteiger partial charge in [-0.2, -0.15) is 0 Å². The Kier molecular flexibility index (Phi) is 5.10. The van der Waals surface area contributed by atoms with Crippen molar-refractivity contribution < 1.29 is 19.4 Å². The van der Waals surface area contributed by atoms with Gasteiger partial charge in [-0.1, -0.05) is 0 Å². The van der Waals surface area contributed by atoms with Gasteiger partial charge in [0.1, 0.15) is 0 Å². The van der Waals surface area contributed by atoms with Crippen LogP contribution in [0.2, 0.25) is 0 Å². The second-order valence-electron chi connectivity index (χ2n) is 3.41. The summed E-state index contributed by atoms with van der Waals surface area (Å²) < 4.78 is 10.0. The van der Waals surface area contributed by atoms with E-state index in [9.17, 15) is 9.90 Å². The molecule has 1 aromatic carbocycles. The van der Waals surface area contributed by atoms with Crippen LogP contribution in [-0.2, 0) is 0 Å². The van der Waals surface area contributed by atoms with Crippen molar-refractivity contribution in [1.82, 2.24) is 0 Å². The molecular weight excluding hydrogens is 244 g/mol. The maximum absolute atomic E-state index is 11.8. The first-order chi connectivity index (χ1) is 8.15. The molecule has 1 aromatic rings. The molecule has 94 valence electrons. The molecule has 0 saturated carbocycles. The molecule has 0 aliphatic rings. The lowest BCUT2D eigenvalue weighted by Crippen LogP contribution is -2.02. The largest absolute Gasteiger partial charge is 0.504 e. The van der Waals surface area contributed by atoms with Gasteiger partial charge >= 0.3 is 0 Å². The molecule has 0 bridgehead atoms. The Hall–Kier alpha value is -1.42. The number of alkyl halides is 1. The van der Waals surface area contributed by atoms with Crippen LogP contribution in [0.1, 0.15) is 23.2 Å². The van der Waals surface area contributed by atoms with Crippen molar-refractivity contribution in [2.24, 2.45) is 0 Å². The molecule has 4 nitrogen and oxygen atoms in total. The van der Waals surface area contributed by atoms with Crippen molar-refractivity contribution in [2.45, 2.75) is 12.8 Å². The third-order valence-corrected chi connectivity index (χ3v) is 2.62. The zero-order valence-electron chi connectivity index (χ0n) is 9.83. The number of phenols is 1. The van der Waals surface area contributed by atoms with Crippen molar-refractivity contribution >= 4 is 17.4 Å². The summed E-state index contributed by atoms with van der Waals surface area (Å²) in [4.78, 5) is 11.8.